The highest BCUT2D eigenvalue weighted by molar-refractivity contribution is 9.09. The van der Waals surface area contributed by atoms with E-state index in [1.54, 1.807) is 5.54 Å². The minimum Gasteiger partial charge on any atom is -0.299 e. The molecule has 2 fully saturated rings. The summed E-state index contributed by atoms with van der Waals surface area (Å²) in [6.45, 7) is 3.59. The van der Waals surface area contributed by atoms with Gasteiger partial charge in [0, 0.05) is 30.0 Å². The van der Waals surface area contributed by atoms with Gasteiger partial charge in [-0.15, -0.1) is 0 Å². The van der Waals surface area contributed by atoms with Gasteiger partial charge in [-0.05, 0) is 31.1 Å². The van der Waals surface area contributed by atoms with Crippen LogP contribution in [-0.2, 0) is 0 Å². The van der Waals surface area contributed by atoms with Crippen LogP contribution in [0.25, 0.3) is 0 Å². The van der Waals surface area contributed by atoms with E-state index in [2.05, 4.69) is 20.8 Å². The zero-order chi connectivity index (χ0) is 9.97. The monoisotopic (exact) mass is 277 g/mol. The summed E-state index contributed by atoms with van der Waals surface area (Å²) < 4.78 is 0. The number of hydrogen-bond acceptors (Lipinski definition) is 1. The van der Waals surface area contributed by atoms with E-state index in [-0.39, 0.29) is 0 Å². The van der Waals surface area contributed by atoms with E-state index < -0.39 is 0 Å². The van der Waals surface area contributed by atoms with Gasteiger partial charge in [0.2, 0.25) is 0 Å². The fraction of sp³-hybridized carbons (Fsp3) is 0.818. The van der Waals surface area contributed by atoms with Gasteiger partial charge in [0.1, 0.15) is 0 Å². The van der Waals surface area contributed by atoms with E-state index in [4.69, 9.17) is 11.6 Å². The molecule has 2 aliphatic rings. The normalized spacial score (nSPS) is 39.1. The first-order valence-electron chi connectivity index (χ1n) is 5.41. The lowest BCUT2D eigenvalue weighted by atomic mass is 9.82. The first-order chi connectivity index (χ1) is 6.79. The number of alkyl halides is 1. The van der Waals surface area contributed by atoms with Gasteiger partial charge in [-0.2, -0.15) is 0 Å². The lowest BCUT2D eigenvalue weighted by Gasteiger charge is -2.27. The zero-order valence-electron chi connectivity index (χ0n) is 8.33. The smallest absolute Gasteiger partial charge is 0.0175 e. The maximum absolute atomic E-state index is 5.54. The van der Waals surface area contributed by atoms with Crippen molar-refractivity contribution in [1.82, 2.24) is 4.90 Å². The van der Waals surface area contributed by atoms with Crippen molar-refractivity contribution < 1.29 is 0 Å². The molecule has 0 aromatic carbocycles. The predicted molar refractivity (Wildman–Crippen MR) is 65.0 cm³/mol. The van der Waals surface area contributed by atoms with Crippen molar-refractivity contribution in [2.75, 3.05) is 19.6 Å². The Kier molecular flexibility index (Phi) is 3.92. The lowest BCUT2D eigenvalue weighted by Crippen LogP contribution is -2.23. The van der Waals surface area contributed by atoms with Crippen molar-refractivity contribution in [3.63, 3.8) is 0 Å². The number of likely N-dealkylation sites (tertiary alicyclic amines) is 1. The fourth-order valence-corrected chi connectivity index (χ4v) is 3.63. The Morgan fingerprint density at radius 1 is 1.29 bits per heavy atom. The van der Waals surface area contributed by atoms with Gasteiger partial charge in [-0.3, -0.25) is 4.90 Å². The summed E-state index contributed by atoms with van der Waals surface area (Å²) in [7, 11) is 0. The van der Waals surface area contributed by atoms with Gasteiger partial charge in [-0.1, -0.05) is 33.6 Å². The Balaban J connectivity index is 1.85. The van der Waals surface area contributed by atoms with E-state index in [1.807, 2.05) is 6.08 Å². The Bertz CT molecular complexity index is 219. The van der Waals surface area contributed by atoms with Gasteiger partial charge in [-0.25, -0.2) is 0 Å². The molecule has 2 rings (SSSR count). The molecule has 0 N–H and O–H groups in total. The molecule has 1 saturated heterocycles. The van der Waals surface area contributed by atoms with Crippen LogP contribution in [0, 0.1) is 11.8 Å². The van der Waals surface area contributed by atoms with Crippen LogP contribution in [-0.4, -0.2) is 29.4 Å². The van der Waals surface area contributed by atoms with Crippen molar-refractivity contribution in [3.8, 4) is 0 Å². The molecule has 1 saturated carbocycles. The van der Waals surface area contributed by atoms with E-state index in [1.165, 1.54) is 32.4 Å². The fourth-order valence-electron chi connectivity index (χ4n) is 2.81. The zero-order valence-corrected chi connectivity index (χ0v) is 10.7. The largest absolute Gasteiger partial charge is 0.299 e. The number of rotatable bonds is 2. The third kappa shape index (κ3) is 2.53. The van der Waals surface area contributed by atoms with Crippen LogP contribution < -0.4 is 0 Å². The molecule has 3 unspecified atom stereocenters. The van der Waals surface area contributed by atoms with Gasteiger partial charge in [0.05, 0.1) is 0 Å². The molecule has 1 heterocycles. The summed E-state index contributed by atoms with van der Waals surface area (Å²) in [5.74, 6) is 1.88. The highest BCUT2D eigenvalue weighted by Gasteiger charge is 2.36. The summed E-state index contributed by atoms with van der Waals surface area (Å²) in [6.07, 6.45) is 6.18. The molecular weight excluding hydrogens is 261 g/mol. The second-order valence-corrected chi connectivity index (χ2v) is 6.06. The van der Waals surface area contributed by atoms with Crippen LogP contribution >= 0.6 is 27.5 Å². The number of fused-ring (bicyclic) bond motifs is 1. The molecular formula is C11H17BrClN. The van der Waals surface area contributed by atoms with Crippen molar-refractivity contribution in [2.24, 2.45) is 11.8 Å². The number of nitrogens with zero attached hydrogens (tertiary/aromatic N) is 1. The second-order valence-electron chi connectivity index (χ2n) is 4.51. The van der Waals surface area contributed by atoms with Crippen LogP contribution in [0.5, 0.6) is 0 Å². The van der Waals surface area contributed by atoms with Crippen molar-refractivity contribution in [2.45, 2.75) is 24.1 Å². The maximum Gasteiger partial charge on any atom is 0.0175 e. The molecule has 1 nitrogen and oxygen atoms in total. The van der Waals surface area contributed by atoms with Crippen molar-refractivity contribution in [1.29, 1.82) is 0 Å². The molecule has 0 spiro atoms. The Labute approximate surface area is 99.6 Å². The molecule has 3 heteroatoms. The predicted octanol–water partition coefficient (Wildman–Crippen LogP) is 3.23. The number of halogens is 2. The van der Waals surface area contributed by atoms with E-state index >= 15 is 0 Å². The Hall–Kier alpha value is 0.470. The molecule has 0 amide bonds. The summed E-state index contributed by atoms with van der Waals surface area (Å²) in [5.41, 5.74) is 1.63. The van der Waals surface area contributed by atoms with Gasteiger partial charge >= 0.3 is 0 Å². The average molecular weight is 279 g/mol. The quantitative estimate of drug-likeness (QED) is 0.701. The molecule has 0 radical (unpaired) electrons. The second kappa shape index (κ2) is 5.00. The van der Waals surface area contributed by atoms with Crippen molar-refractivity contribution >= 4 is 27.5 Å². The summed E-state index contributed by atoms with van der Waals surface area (Å²) in [6, 6.07) is 0. The Morgan fingerprint density at radius 2 is 2.07 bits per heavy atom. The topological polar surface area (TPSA) is 3.24 Å². The molecule has 0 bridgehead atoms. The number of hydrogen-bond donors (Lipinski definition) is 0. The van der Waals surface area contributed by atoms with Gasteiger partial charge < -0.3 is 0 Å². The van der Waals surface area contributed by atoms with E-state index in [0.29, 0.717) is 0 Å². The summed E-state index contributed by atoms with van der Waals surface area (Å²) in [5, 5.41) is 0. The minimum absolute atomic E-state index is 0.771. The molecule has 80 valence electrons. The highest BCUT2D eigenvalue weighted by atomic mass is 79.9. The van der Waals surface area contributed by atoms with Crippen LogP contribution in [0.2, 0.25) is 0 Å². The SMILES string of the molecule is Cl/C=C/CN1CC2CCC(Br)CC2C1. The third-order valence-corrected chi connectivity index (χ3v) is 4.52. The van der Waals surface area contributed by atoms with Crippen LogP contribution in [0.1, 0.15) is 19.3 Å². The Morgan fingerprint density at radius 3 is 2.86 bits per heavy atom. The average Bonchev–Trinajstić information content (AvgIpc) is 2.56. The summed E-state index contributed by atoms with van der Waals surface area (Å²) in [4.78, 5) is 3.30. The first-order valence-corrected chi connectivity index (χ1v) is 6.76. The molecule has 14 heavy (non-hydrogen) atoms. The van der Waals surface area contributed by atoms with Crippen LogP contribution in [0.3, 0.4) is 0 Å². The molecule has 0 aromatic rings. The van der Waals surface area contributed by atoms with Crippen LogP contribution in [0.4, 0.5) is 0 Å². The van der Waals surface area contributed by atoms with Crippen LogP contribution in [0.15, 0.2) is 11.6 Å². The molecule has 1 aliphatic heterocycles. The standard InChI is InChI=1S/C11H17BrClN/c12-11-3-2-9-7-14(5-1-4-13)8-10(9)6-11/h1,4,9-11H,2-3,5-8H2/b4-1+. The van der Waals surface area contributed by atoms with Crippen molar-refractivity contribution in [3.05, 3.63) is 11.6 Å². The first kappa shape index (κ1) is 11.0. The lowest BCUT2D eigenvalue weighted by molar-refractivity contribution is 0.309. The van der Waals surface area contributed by atoms with Gasteiger partial charge in [0.25, 0.3) is 0 Å². The highest BCUT2D eigenvalue weighted by Crippen LogP contribution is 2.38. The minimum atomic E-state index is 0.771. The maximum atomic E-state index is 5.54. The van der Waals surface area contributed by atoms with E-state index in [0.717, 1.165) is 23.2 Å². The molecule has 3 atom stereocenters. The molecule has 0 aromatic heterocycles. The third-order valence-electron chi connectivity index (χ3n) is 3.51. The van der Waals surface area contributed by atoms with Gasteiger partial charge in [0.15, 0.2) is 0 Å². The molecule has 1 aliphatic carbocycles. The van der Waals surface area contributed by atoms with E-state index in [9.17, 15) is 0 Å². The summed E-state index contributed by atoms with van der Waals surface area (Å²) >= 11 is 9.28.